The van der Waals surface area contributed by atoms with Gasteiger partial charge in [-0.1, -0.05) is 6.07 Å². The van der Waals surface area contributed by atoms with Gasteiger partial charge in [0.05, 0.1) is 17.0 Å². The van der Waals surface area contributed by atoms with Gasteiger partial charge in [0.15, 0.2) is 11.5 Å². The fraction of sp³-hybridized carbons (Fsp3) is 0.158. The third kappa shape index (κ3) is 5.16. The zero-order valence-corrected chi connectivity index (χ0v) is 15.8. The molecule has 0 fully saturated rings. The molecule has 31 heavy (non-hydrogen) atoms. The van der Waals surface area contributed by atoms with Gasteiger partial charge in [-0.15, -0.1) is 11.8 Å². The van der Waals surface area contributed by atoms with Crippen LogP contribution >= 0.6 is 11.8 Å². The van der Waals surface area contributed by atoms with Crippen LogP contribution in [-0.4, -0.2) is 21.7 Å². The number of rotatable bonds is 4. The van der Waals surface area contributed by atoms with Gasteiger partial charge in [0.25, 0.3) is 0 Å². The highest BCUT2D eigenvalue weighted by atomic mass is 32.2. The Hall–Kier alpha value is -3.07. The van der Waals surface area contributed by atoms with Crippen LogP contribution in [0.1, 0.15) is 11.3 Å². The molecule has 3 aromatic rings. The number of hydrogen-bond donors (Lipinski definition) is 0. The summed E-state index contributed by atoms with van der Waals surface area (Å²) >= 11 is 0.283. The van der Waals surface area contributed by atoms with E-state index in [1.165, 1.54) is 6.07 Å². The lowest BCUT2D eigenvalue weighted by atomic mass is 10.1. The highest BCUT2D eigenvalue weighted by Gasteiger charge is 2.36. The van der Waals surface area contributed by atoms with Crippen LogP contribution in [0.5, 0.6) is 0 Å². The number of nitriles is 1. The van der Waals surface area contributed by atoms with Gasteiger partial charge in [0.2, 0.25) is 0 Å². The van der Waals surface area contributed by atoms with Crippen molar-refractivity contribution < 1.29 is 35.1 Å². The number of hydrogen-bond acceptors (Lipinski definition) is 3. The fourth-order valence-corrected chi connectivity index (χ4v) is 3.41. The van der Waals surface area contributed by atoms with Gasteiger partial charge >= 0.3 is 12.4 Å². The Labute approximate surface area is 173 Å². The molecular formula is C19H9F8N3S. The van der Waals surface area contributed by atoms with E-state index in [4.69, 9.17) is 5.26 Å². The molecule has 0 unspecified atom stereocenters. The Balaban J connectivity index is 2.18. The normalized spacial score (nSPS) is 12.1. The van der Waals surface area contributed by atoms with E-state index >= 15 is 0 Å². The topological polar surface area (TPSA) is 41.6 Å². The average Bonchev–Trinajstić information content (AvgIpc) is 3.11. The number of benzene rings is 2. The van der Waals surface area contributed by atoms with E-state index in [9.17, 15) is 35.1 Å². The molecular weight excluding hydrogens is 454 g/mol. The van der Waals surface area contributed by atoms with Crippen molar-refractivity contribution in [1.29, 1.82) is 5.26 Å². The number of nitrogens with zero attached hydrogens (tertiary/aromatic N) is 3. The number of thioether (sulfide) groups is 1. The summed E-state index contributed by atoms with van der Waals surface area (Å²) in [5.74, 6) is -3.49. The summed E-state index contributed by atoms with van der Waals surface area (Å²) in [4.78, 5) is -0.127. The third-order valence-corrected chi connectivity index (χ3v) is 5.05. The summed E-state index contributed by atoms with van der Waals surface area (Å²) in [7, 11) is 0. The Bertz CT molecular complexity index is 1160. The van der Waals surface area contributed by atoms with Crippen molar-refractivity contribution in [3.05, 3.63) is 65.4 Å². The molecule has 2 aromatic carbocycles. The van der Waals surface area contributed by atoms with Gasteiger partial charge < -0.3 is 0 Å². The first-order chi connectivity index (χ1) is 14.4. The van der Waals surface area contributed by atoms with E-state index in [0.717, 1.165) is 24.3 Å². The van der Waals surface area contributed by atoms with Crippen molar-refractivity contribution in [2.75, 3.05) is 5.75 Å². The van der Waals surface area contributed by atoms with Crippen LogP contribution in [0.3, 0.4) is 0 Å². The van der Waals surface area contributed by atoms with Crippen LogP contribution in [0.15, 0.2) is 47.4 Å². The lowest BCUT2D eigenvalue weighted by Gasteiger charge is -2.11. The smallest absolute Gasteiger partial charge is 0.230 e. The quantitative estimate of drug-likeness (QED) is 0.334. The SMILES string of the molecule is N#Cc1ccc(-c2cc(C(F)(F)F)nn2-c2ccc(F)cc2F)cc1SCC(F)(F)F. The van der Waals surface area contributed by atoms with Crippen LogP contribution < -0.4 is 0 Å². The minimum Gasteiger partial charge on any atom is -0.230 e. The molecule has 0 atom stereocenters. The molecule has 0 radical (unpaired) electrons. The molecule has 3 nitrogen and oxygen atoms in total. The van der Waals surface area contributed by atoms with E-state index in [2.05, 4.69) is 5.10 Å². The van der Waals surface area contributed by atoms with Crippen molar-refractivity contribution in [2.45, 2.75) is 17.2 Å². The summed E-state index contributed by atoms with van der Waals surface area (Å²) in [6, 6.07) is 7.88. The van der Waals surface area contributed by atoms with Crippen LogP contribution in [0.25, 0.3) is 16.9 Å². The van der Waals surface area contributed by atoms with Crippen molar-refractivity contribution in [2.24, 2.45) is 0 Å². The largest absolute Gasteiger partial charge is 0.435 e. The number of alkyl halides is 6. The number of halogens is 8. The van der Waals surface area contributed by atoms with Crippen LogP contribution in [-0.2, 0) is 6.18 Å². The van der Waals surface area contributed by atoms with E-state index in [0.29, 0.717) is 16.8 Å². The zero-order valence-electron chi connectivity index (χ0n) is 15.0. The molecule has 0 bridgehead atoms. The Morgan fingerprint density at radius 3 is 2.26 bits per heavy atom. The van der Waals surface area contributed by atoms with Gasteiger partial charge in [-0.05, 0) is 30.3 Å². The lowest BCUT2D eigenvalue weighted by molar-refractivity contribution is -0.141. The van der Waals surface area contributed by atoms with Crippen LogP contribution in [0.4, 0.5) is 35.1 Å². The molecule has 0 aliphatic heterocycles. The molecule has 0 aliphatic rings. The van der Waals surface area contributed by atoms with Crippen molar-refractivity contribution in [3.63, 3.8) is 0 Å². The minimum atomic E-state index is -4.91. The first-order valence-electron chi connectivity index (χ1n) is 8.26. The summed E-state index contributed by atoms with van der Waals surface area (Å²) in [6.45, 7) is 0. The van der Waals surface area contributed by atoms with E-state index in [1.807, 2.05) is 0 Å². The van der Waals surface area contributed by atoms with Gasteiger partial charge in [-0.25, -0.2) is 13.5 Å². The van der Waals surface area contributed by atoms with Crippen LogP contribution in [0.2, 0.25) is 0 Å². The summed E-state index contributed by atoms with van der Waals surface area (Å²) in [6.07, 6.45) is -9.45. The van der Waals surface area contributed by atoms with E-state index in [-0.39, 0.29) is 33.5 Å². The molecule has 0 amide bonds. The Morgan fingerprint density at radius 2 is 1.68 bits per heavy atom. The molecule has 0 spiro atoms. The Morgan fingerprint density at radius 1 is 0.968 bits per heavy atom. The molecule has 1 heterocycles. The van der Waals surface area contributed by atoms with Gasteiger partial charge in [-0.2, -0.15) is 36.7 Å². The maximum Gasteiger partial charge on any atom is 0.435 e. The van der Waals surface area contributed by atoms with Crippen molar-refractivity contribution in [3.8, 4) is 23.0 Å². The molecule has 1 aromatic heterocycles. The molecule has 162 valence electrons. The van der Waals surface area contributed by atoms with Crippen molar-refractivity contribution >= 4 is 11.8 Å². The molecule has 0 N–H and O–H groups in total. The first-order valence-corrected chi connectivity index (χ1v) is 9.24. The number of aromatic nitrogens is 2. The highest BCUT2D eigenvalue weighted by molar-refractivity contribution is 7.99. The standard InChI is InChI=1S/C19H9F8N3S/c20-12-3-4-14(13(21)6-12)30-15(7-17(29-30)19(25,26)27)10-1-2-11(8-28)16(5-10)31-9-18(22,23)24/h1-7H,9H2. The predicted molar refractivity (Wildman–Crippen MR) is 95.4 cm³/mol. The average molecular weight is 463 g/mol. The molecule has 12 heteroatoms. The highest BCUT2D eigenvalue weighted by Crippen LogP contribution is 2.36. The minimum absolute atomic E-state index is 0.0459. The third-order valence-electron chi connectivity index (χ3n) is 3.93. The maximum absolute atomic E-state index is 14.2. The molecule has 0 aliphatic carbocycles. The molecule has 3 rings (SSSR count). The fourth-order valence-electron chi connectivity index (χ4n) is 2.61. The molecule has 0 saturated carbocycles. The maximum atomic E-state index is 14.2. The second-order valence-electron chi connectivity index (χ2n) is 6.15. The van der Waals surface area contributed by atoms with Gasteiger partial charge in [0, 0.05) is 16.5 Å². The predicted octanol–water partition coefficient (Wildman–Crippen LogP) is 6.36. The van der Waals surface area contributed by atoms with E-state index < -0.39 is 41.1 Å². The monoisotopic (exact) mass is 463 g/mol. The summed E-state index contributed by atoms with van der Waals surface area (Å²) < 4.78 is 105. The summed E-state index contributed by atoms with van der Waals surface area (Å²) in [5, 5.41) is 12.5. The van der Waals surface area contributed by atoms with Crippen molar-refractivity contribution in [1.82, 2.24) is 9.78 Å². The van der Waals surface area contributed by atoms with Gasteiger partial charge in [-0.3, -0.25) is 0 Å². The molecule has 0 saturated heterocycles. The summed E-state index contributed by atoms with van der Waals surface area (Å²) in [5.41, 5.74) is -2.36. The van der Waals surface area contributed by atoms with Crippen LogP contribution in [0, 0.1) is 23.0 Å². The second-order valence-corrected chi connectivity index (χ2v) is 7.16. The van der Waals surface area contributed by atoms with E-state index in [1.54, 1.807) is 6.07 Å². The Kier molecular flexibility index (Phi) is 6.00. The lowest BCUT2D eigenvalue weighted by Crippen LogP contribution is -2.10. The van der Waals surface area contributed by atoms with Gasteiger partial charge in [0.1, 0.15) is 17.6 Å². The second kappa shape index (κ2) is 8.22. The zero-order chi connectivity index (χ0) is 23.0. The first kappa shape index (κ1) is 22.6.